The summed E-state index contributed by atoms with van der Waals surface area (Å²) in [5, 5.41) is 8.86. The van der Waals surface area contributed by atoms with Crippen LogP contribution in [0.3, 0.4) is 0 Å². The van der Waals surface area contributed by atoms with Gasteiger partial charge in [0.05, 0.1) is 25.8 Å². The summed E-state index contributed by atoms with van der Waals surface area (Å²) in [6.07, 6.45) is -0.0925. The van der Waals surface area contributed by atoms with E-state index in [1.54, 1.807) is 11.9 Å². The highest BCUT2D eigenvalue weighted by Crippen LogP contribution is 2.17. The lowest BCUT2D eigenvalue weighted by molar-refractivity contribution is -0.138. The number of aliphatic carboxylic acids is 1. The minimum Gasteiger partial charge on any atom is -0.480 e. The van der Waals surface area contributed by atoms with Gasteiger partial charge in [0.2, 0.25) is 5.91 Å². The number of carboxylic acids is 1. The number of nitrogens with zero attached hydrogens (tertiary/aromatic N) is 3. The molecule has 144 valence electrons. The topological polar surface area (TPSA) is 73.3 Å². The Morgan fingerprint density at radius 1 is 1.31 bits per heavy atom. The Morgan fingerprint density at radius 2 is 2.00 bits per heavy atom. The minimum absolute atomic E-state index is 0.0199. The van der Waals surface area contributed by atoms with Crippen LogP contribution in [0.2, 0.25) is 0 Å². The van der Waals surface area contributed by atoms with E-state index in [2.05, 4.69) is 4.90 Å². The van der Waals surface area contributed by atoms with Crippen molar-refractivity contribution in [1.29, 1.82) is 0 Å². The molecule has 1 aromatic carbocycles. The van der Waals surface area contributed by atoms with Gasteiger partial charge in [0.1, 0.15) is 0 Å². The number of benzene rings is 1. The summed E-state index contributed by atoms with van der Waals surface area (Å²) in [5.74, 6) is -0.795. The molecule has 1 saturated heterocycles. The lowest BCUT2D eigenvalue weighted by Crippen LogP contribution is -2.51. The molecule has 0 spiro atoms. The second-order valence-electron chi connectivity index (χ2n) is 7.01. The molecular formula is C19H29N3O4. The molecule has 0 saturated carbocycles. The molecule has 0 aromatic heterocycles. The lowest BCUT2D eigenvalue weighted by atomic mass is 10.2. The molecule has 1 atom stereocenters. The average molecular weight is 363 g/mol. The van der Waals surface area contributed by atoms with Crippen LogP contribution in [0.5, 0.6) is 0 Å². The van der Waals surface area contributed by atoms with Crippen molar-refractivity contribution >= 4 is 17.6 Å². The Hall–Kier alpha value is -1.96. The van der Waals surface area contributed by atoms with Gasteiger partial charge in [-0.25, -0.2) is 0 Å². The Labute approximate surface area is 155 Å². The summed E-state index contributed by atoms with van der Waals surface area (Å²) in [4.78, 5) is 29.3. The summed E-state index contributed by atoms with van der Waals surface area (Å²) in [5.41, 5.74) is 0.901. The van der Waals surface area contributed by atoms with Crippen LogP contribution in [0.1, 0.15) is 13.8 Å². The second-order valence-corrected chi connectivity index (χ2v) is 7.01. The number of rotatable bonds is 8. The van der Waals surface area contributed by atoms with E-state index in [9.17, 15) is 9.59 Å². The number of likely N-dealkylation sites (N-methyl/N-ethyl adjacent to an activating group) is 1. The number of morpholine rings is 1. The Balaban J connectivity index is 1.93. The summed E-state index contributed by atoms with van der Waals surface area (Å²) >= 11 is 0. The predicted molar refractivity (Wildman–Crippen MR) is 100 cm³/mol. The van der Waals surface area contributed by atoms with Gasteiger partial charge < -0.3 is 14.7 Å². The number of carboxylic acid groups (broad SMARTS) is 1. The first kappa shape index (κ1) is 20.4. The van der Waals surface area contributed by atoms with Gasteiger partial charge in [-0.2, -0.15) is 0 Å². The smallest absolute Gasteiger partial charge is 0.317 e. The maximum Gasteiger partial charge on any atom is 0.317 e. The number of para-hydroxylation sites is 1. The highest BCUT2D eigenvalue weighted by molar-refractivity contribution is 5.95. The monoisotopic (exact) mass is 363 g/mol. The molecular weight excluding hydrogens is 334 g/mol. The van der Waals surface area contributed by atoms with Gasteiger partial charge in [-0.05, 0) is 33.0 Å². The number of ether oxygens (including phenoxy) is 1. The fourth-order valence-electron chi connectivity index (χ4n) is 3.26. The summed E-state index contributed by atoms with van der Waals surface area (Å²) < 4.78 is 5.73. The van der Waals surface area contributed by atoms with Crippen molar-refractivity contribution < 1.29 is 19.4 Å². The number of amides is 1. The Kier molecular flexibility index (Phi) is 7.56. The standard InChI is InChI=1S/C19H29N3O4/c1-15(2)22(16-7-5-4-6-8-16)18(23)13-21-9-10-26-17(12-21)11-20(3)14-19(24)25/h4-8,15,17H,9-14H2,1-3H3,(H,24,25). The molecule has 26 heavy (non-hydrogen) atoms. The third kappa shape index (κ3) is 6.09. The van der Waals surface area contributed by atoms with Gasteiger partial charge in [0.15, 0.2) is 0 Å². The first-order valence-corrected chi connectivity index (χ1v) is 8.98. The van der Waals surface area contributed by atoms with Crippen molar-refractivity contribution in [2.45, 2.75) is 26.0 Å². The normalized spacial score (nSPS) is 18.3. The Morgan fingerprint density at radius 3 is 2.62 bits per heavy atom. The van der Waals surface area contributed by atoms with E-state index >= 15 is 0 Å². The molecule has 0 radical (unpaired) electrons. The highest BCUT2D eigenvalue weighted by Gasteiger charge is 2.26. The highest BCUT2D eigenvalue weighted by atomic mass is 16.5. The fraction of sp³-hybridized carbons (Fsp3) is 0.579. The molecule has 1 unspecified atom stereocenters. The number of anilines is 1. The van der Waals surface area contributed by atoms with Gasteiger partial charge >= 0.3 is 5.97 Å². The molecule has 0 bridgehead atoms. The van der Waals surface area contributed by atoms with E-state index in [-0.39, 0.29) is 24.6 Å². The largest absolute Gasteiger partial charge is 0.480 e. The summed E-state index contributed by atoms with van der Waals surface area (Å²) in [6, 6.07) is 9.76. The SMILES string of the molecule is CC(C)N(C(=O)CN1CCOC(CN(C)CC(=O)O)C1)c1ccccc1. The number of hydrogen-bond donors (Lipinski definition) is 1. The van der Waals surface area contributed by atoms with Crippen molar-refractivity contribution in [2.24, 2.45) is 0 Å². The first-order chi connectivity index (χ1) is 12.4. The van der Waals surface area contributed by atoms with Gasteiger partial charge in [0.25, 0.3) is 0 Å². The molecule has 1 fully saturated rings. The molecule has 7 heteroatoms. The molecule has 1 N–H and O–H groups in total. The van der Waals surface area contributed by atoms with Gasteiger partial charge in [-0.15, -0.1) is 0 Å². The predicted octanol–water partition coefficient (Wildman–Crippen LogP) is 1.15. The first-order valence-electron chi connectivity index (χ1n) is 8.98. The molecule has 2 rings (SSSR count). The zero-order chi connectivity index (χ0) is 19.1. The van der Waals surface area contributed by atoms with E-state index in [1.165, 1.54) is 0 Å². The Bertz CT molecular complexity index is 594. The van der Waals surface area contributed by atoms with Crippen LogP contribution in [0.25, 0.3) is 0 Å². The summed E-state index contributed by atoms with van der Waals surface area (Å²) in [7, 11) is 1.76. The fourth-order valence-corrected chi connectivity index (χ4v) is 3.26. The van der Waals surface area contributed by atoms with Gasteiger partial charge in [-0.1, -0.05) is 18.2 Å². The van der Waals surface area contributed by atoms with Crippen LogP contribution in [0, 0.1) is 0 Å². The zero-order valence-corrected chi connectivity index (χ0v) is 15.8. The quantitative estimate of drug-likeness (QED) is 0.747. The van der Waals surface area contributed by atoms with Crippen molar-refractivity contribution in [3.63, 3.8) is 0 Å². The zero-order valence-electron chi connectivity index (χ0n) is 15.8. The van der Waals surface area contributed by atoms with Crippen LogP contribution in [-0.4, -0.2) is 85.3 Å². The average Bonchev–Trinajstić information content (AvgIpc) is 2.55. The third-order valence-electron chi connectivity index (χ3n) is 4.32. The second kappa shape index (κ2) is 9.66. The molecule has 7 nitrogen and oxygen atoms in total. The van der Waals surface area contributed by atoms with Crippen LogP contribution in [-0.2, 0) is 14.3 Å². The molecule has 1 heterocycles. The van der Waals surface area contributed by atoms with E-state index < -0.39 is 5.97 Å². The van der Waals surface area contributed by atoms with Crippen molar-refractivity contribution in [3.8, 4) is 0 Å². The maximum atomic E-state index is 12.9. The van der Waals surface area contributed by atoms with E-state index in [0.29, 0.717) is 32.8 Å². The number of hydrogen-bond acceptors (Lipinski definition) is 5. The summed E-state index contributed by atoms with van der Waals surface area (Å²) in [6.45, 7) is 6.72. The number of carbonyl (C=O) groups excluding carboxylic acids is 1. The lowest BCUT2D eigenvalue weighted by Gasteiger charge is -2.36. The van der Waals surface area contributed by atoms with Crippen LogP contribution >= 0.6 is 0 Å². The van der Waals surface area contributed by atoms with E-state index in [0.717, 1.165) is 5.69 Å². The minimum atomic E-state index is -0.856. The number of carbonyl (C=O) groups is 2. The van der Waals surface area contributed by atoms with Gasteiger partial charge in [-0.3, -0.25) is 19.4 Å². The van der Waals surface area contributed by atoms with Crippen LogP contribution in [0.4, 0.5) is 5.69 Å². The molecule has 1 aliphatic rings. The van der Waals surface area contributed by atoms with Crippen molar-refractivity contribution in [3.05, 3.63) is 30.3 Å². The van der Waals surface area contributed by atoms with Crippen molar-refractivity contribution in [2.75, 3.05) is 51.3 Å². The van der Waals surface area contributed by atoms with Crippen molar-refractivity contribution in [1.82, 2.24) is 9.80 Å². The third-order valence-corrected chi connectivity index (χ3v) is 4.32. The van der Waals surface area contributed by atoms with Crippen LogP contribution < -0.4 is 4.90 Å². The molecule has 0 aliphatic carbocycles. The molecule has 1 amide bonds. The molecule has 1 aliphatic heterocycles. The van der Waals surface area contributed by atoms with Crippen LogP contribution in [0.15, 0.2) is 30.3 Å². The van der Waals surface area contributed by atoms with E-state index in [4.69, 9.17) is 9.84 Å². The van der Waals surface area contributed by atoms with Gasteiger partial charge in [0, 0.05) is 31.4 Å². The van der Waals surface area contributed by atoms with E-state index in [1.807, 2.05) is 49.1 Å². The maximum absolute atomic E-state index is 12.9. The molecule has 1 aromatic rings.